The maximum Gasteiger partial charge on any atom is 0.573 e. The minimum absolute atomic E-state index is 0.0306. The van der Waals surface area contributed by atoms with Crippen LogP contribution in [0.1, 0.15) is 24.5 Å². The lowest BCUT2D eigenvalue weighted by Crippen LogP contribution is -2.69. The van der Waals surface area contributed by atoms with E-state index in [2.05, 4.69) is 10.1 Å². The average Bonchev–Trinajstić information content (AvgIpc) is 3.46. The Morgan fingerprint density at radius 1 is 1.13 bits per heavy atom. The van der Waals surface area contributed by atoms with Crippen molar-refractivity contribution in [2.24, 2.45) is 0 Å². The molecule has 1 fully saturated rings. The van der Waals surface area contributed by atoms with Gasteiger partial charge in [0.15, 0.2) is 11.8 Å². The van der Waals surface area contributed by atoms with Gasteiger partial charge in [0.1, 0.15) is 29.0 Å². The van der Waals surface area contributed by atoms with E-state index >= 15 is 4.79 Å². The van der Waals surface area contributed by atoms with Crippen LogP contribution in [0.5, 0.6) is 17.2 Å². The number of aliphatic hydroxyl groups excluding tert-OH is 1. The van der Waals surface area contributed by atoms with Crippen molar-refractivity contribution in [2.75, 3.05) is 38.7 Å². The van der Waals surface area contributed by atoms with Crippen molar-refractivity contribution in [3.63, 3.8) is 0 Å². The lowest BCUT2D eigenvalue weighted by Gasteiger charge is -2.48. The van der Waals surface area contributed by atoms with Gasteiger partial charge in [-0.25, -0.2) is 8.42 Å². The van der Waals surface area contributed by atoms with E-state index in [1.54, 1.807) is 38.2 Å². The van der Waals surface area contributed by atoms with Crippen LogP contribution in [0.3, 0.4) is 0 Å². The molecule has 2 N–H and O–H groups in total. The highest BCUT2D eigenvalue weighted by molar-refractivity contribution is 7.93. The number of sulfonamides is 1. The SMILES string of the molecule is CCOc1ccccc1C1([N+]2(C)C[C@H](O)C[C@H]2C(=O)NC)C(=O)N(S(=O)(=O)c2ccc(OC)cc2OC(F)(F)F)c2ccc(Cl)cc21. The van der Waals surface area contributed by atoms with E-state index in [1.807, 2.05) is 0 Å². The smallest absolute Gasteiger partial charge is 0.497 e. The highest BCUT2D eigenvalue weighted by atomic mass is 35.5. The Morgan fingerprint density at radius 2 is 1.83 bits per heavy atom. The molecular weight excluding hydrogens is 667 g/mol. The molecule has 3 aromatic rings. The van der Waals surface area contributed by atoms with Gasteiger partial charge < -0.3 is 24.6 Å². The van der Waals surface area contributed by atoms with Gasteiger partial charge in [-0.3, -0.25) is 14.1 Å². The molecule has 0 spiro atoms. The molecule has 1 saturated heterocycles. The molecule has 0 radical (unpaired) electrons. The third-order valence-electron chi connectivity index (χ3n) is 8.62. The Morgan fingerprint density at radius 3 is 2.47 bits per heavy atom. The lowest BCUT2D eigenvalue weighted by atomic mass is 9.78. The molecular formula is C31H32ClF3N3O8S+. The third kappa shape index (κ3) is 5.44. The number of methoxy groups -OCH3 is 1. The van der Waals surface area contributed by atoms with Crippen LogP contribution in [-0.2, 0) is 25.2 Å². The molecule has 0 aromatic heterocycles. The summed E-state index contributed by atoms with van der Waals surface area (Å²) in [6, 6.07) is 11.9. The van der Waals surface area contributed by atoms with E-state index in [4.69, 9.17) is 21.1 Å². The Bertz CT molecular complexity index is 1840. The second-order valence-corrected chi connectivity index (χ2v) is 13.4. The molecule has 5 rings (SSSR count). The lowest BCUT2D eigenvalue weighted by molar-refractivity contribution is -0.953. The van der Waals surface area contributed by atoms with E-state index < -0.39 is 61.0 Å². The number of amides is 2. The van der Waals surface area contributed by atoms with Crippen molar-refractivity contribution in [1.82, 2.24) is 5.32 Å². The molecule has 0 bridgehead atoms. The predicted molar refractivity (Wildman–Crippen MR) is 164 cm³/mol. The number of hydrogen-bond acceptors (Lipinski definition) is 8. The summed E-state index contributed by atoms with van der Waals surface area (Å²) in [4.78, 5) is 27.9. The normalized spacial score (nSPS) is 24.2. The molecule has 16 heteroatoms. The molecule has 47 heavy (non-hydrogen) atoms. The van der Waals surface area contributed by atoms with E-state index in [-0.39, 0.29) is 52.9 Å². The minimum atomic E-state index is -5.30. The largest absolute Gasteiger partial charge is 0.573 e. The quantitative estimate of drug-likeness (QED) is 0.322. The van der Waals surface area contributed by atoms with Crippen molar-refractivity contribution in [1.29, 1.82) is 0 Å². The van der Waals surface area contributed by atoms with E-state index in [9.17, 15) is 31.5 Å². The highest BCUT2D eigenvalue weighted by Crippen LogP contribution is 2.58. The second kappa shape index (κ2) is 12.2. The van der Waals surface area contributed by atoms with Gasteiger partial charge in [-0.2, -0.15) is 4.31 Å². The molecule has 2 amide bonds. The van der Waals surface area contributed by atoms with Crippen LogP contribution in [0.25, 0.3) is 0 Å². The number of carbonyl (C=O) groups excluding carboxylic acids is 2. The van der Waals surface area contributed by atoms with Gasteiger partial charge in [-0.1, -0.05) is 23.7 Å². The van der Waals surface area contributed by atoms with Crippen molar-refractivity contribution in [2.45, 2.75) is 42.3 Å². The van der Waals surface area contributed by atoms with Crippen molar-refractivity contribution >= 4 is 39.1 Å². The molecule has 0 aliphatic carbocycles. The molecule has 4 atom stereocenters. The first-order valence-electron chi connectivity index (χ1n) is 14.4. The molecule has 3 aromatic carbocycles. The van der Waals surface area contributed by atoms with Crippen LogP contribution < -0.4 is 23.8 Å². The summed E-state index contributed by atoms with van der Waals surface area (Å²) in [5.41, 5.74) is -2.18. The van der Waals surface area contributed by atoms with Gasteiger partial charge in [0.05, 0.1) is 37.6 Å². The van der Waals surface area contributed by atoms with Gasteiger partial charge in [-0.15, -0.1) is 13.2 Å². The number of quaternary nitrogens is 1. The monoisotopic (exact) mass is 698 g/mol. The summed E-state index contributed by atoms with van der Waals surface area (Å²) >= 11 is 6.50. The standard InChI is InChI=1S/C31H31ClF3N3O8S/c1-5-45-25-9-7-6-8-21(25)30(38(3)17-19(39)15-24(38)28(40)36-2)22-14-18(32)10-12-23(22)37(29(30)41)47(42,43)27-13-11-20(44-4)16-26(27)46-31(33,34)35/h6-14,16,19,24,39H,5,15,17H2,1-4H3/p+1/t19-,24+,30?,38?/m1/s1. The molecule has 2 aliphatic heterocycles. The van der Waals surface area contributed by atoms with Gasteiger partial charge in [-0.05, 0) is 49.4 Å². The first-order chi connectivity index (χ1) is 22.1. The van der Waals surface area contributed by atoms with Crippen molar-refractivity contribution in [3.05, 3.63) is 76.8 Å². The van der Waals surface area contributed by atoms with Crippen LogP contribution in [0.2, 0.25) is 5.02 Å². The van der Waals surface area contributed by atoms with Crippen LogP contribution in [-0.4, -0.2) is 82.7 Å². The highest BCUT2D eigenvalue weighted by Gasteiger charge is 2.72. The number of nitrogens with zero attached hydrogens (tertiary/aromatic N) is 2. The first kappa shape index (κ1) is 34.3. The van der Waals surface area contributed by atoms with Crippen molar-refractivity contribution < 1.29 is 55.0 Å². The number of aliphatic hydroxyl groups is 1. The maximum atomic E-state index is 15.4. The summed E-state index contributed by atoms with van der Waals surface area (Å²) in [5.74, 6) is -2.77. The molecule has 252 valence electrons. The Balaban J connectivity index is 1.89. The Kier molecular flexibility index (Phi) is 8.90. The zero-order chi connectivity index (χ0) is 34.5. The average molecular weight is 699 g/mol. The number of fused-ring (bicyclic) bond motifs is 1. The number of alkyl halides is 3. The summed E-state index contributed by atoms with van der Waals surface area (Å²) in [7, 11) is -1.10. The van der Waals surface area contributed by atoms with E-state index in [1.165, 1.54) is 32.4 Å². The Labute approximate surface area is 274 Å². The number of benzene rings is 3. The number of para-hydroxylation sites is 1. The number of anilines is 1. The van der Waals surface area contributed by atoms with Crippen molar-refractivity contribution in [3.8, 4) is 17.2 Å². The fourth-order valence-electron chi connectivity index (χ4n) is 6.83. The fourth-order valence-corrected chi connectivity index (χ4v) is 8.56. The number of likely N-dealkylation sites (tertiary alicyclic amines) is 1. The third-order valence-corrected chi connectivity index (χ3v) is 10.6. The zero-order valence-electron chi connectivity index (χ0n) is 25.7. The number of rotatable bonds is 9. The van der Waals surface area contributed by atoms with E-state index in [0.29, 0.717) is 4.31 Å². The van der Waals surface area contributed by atoms with Crippen LogP contribution in [0.15, 0.2) is 65.6 Å². The number of likely N-dealkylation sites (N-methyl/N-ethyl adjacent to an activating group) is 2. The molecule has 2 unspecified atom stereocenters. The number of hydrogen-bond donors (Lipinski definition) is 2. The van der Waals surface area contributed by atoms with Crippen LogP contribution in [0.4, 0.5) is 18.9 Å². The first-order valence-corrected chi connectivity index (χ1v) is 16.2. The molecule has 11 nitrogen and oxygen atoms in total. The number of nitrogens with one attached hydrogen (secondary N) is 1. The predicted octanol–water partition coefficient (Wildman–Crippen LogP) is 3.95. The van der Waals surface area contributed by atoms with Crippen LogP contribution in [0, 0.1) is 0 Å². The van der Waals surface area contributed by atoms with Crippen LogP contribution >= 0.6 is 11.6 Å². The Hall–Kier alpha value is -4.05. The van der Waals surface area contributed by atoms with Gasteiger partial charge in [0.25, 0.3) is 15.9 Å². The second-order valence-electron chi connectivity index (χ2n) is 11.2. The maximum absolute atomic E-state index is 15.4. The van der Waals surface area contributed by atoms with Gasteiger partial charge in [0.2, 0.25) is 5.54 Å². The summed E-state index contributed by atoms with van der Waals surface area (Å²) in [5, 5.41) is 13.7. The topological polar surface area (TPSA) is 131 Å². The number of carbonyl (C=O) groups is 2. The minimum Gasteiger partial charge on any atom is -0.497 e. The number of halogens is 4. The van der Waals surface area contributed by atoms with Gasteiger partial charge >= 0.3 is 12.3 Å². The summed E-state index contributed by atoms with van der Waals surface area (Å²) in [6.07, 6.45) is -6.50. The molecule has 2 aliphatic rings. The van der Waals surface area contributed by atoms with E-state index in [0.717, 1.165) is 18.2 Å². The summed E-state index contributed by atoms with van der Waals surface area (Å²) in [6.45, 7) is 1.65. The fraction of sp³-hybridized carbons (Fsp3) is 0.355. The molecule has 2 heterocycles. The molecule has 0 saturated carbocycles. The van der Waals surface area contributed by atoms with Gasteiger partial charge in [0, 0.05) is 24.6 Å². The summed E-state index contributed by atoms with van der Waals surface area (Å²) < 4.78 is 84.8. The zero-order valence-corrected chi connectivity index (χ0v) is 27.2. The number of ether oxygens (including phenoxy) is 3.